The van der Waals surface area contributed by atoms with Crippen molar-refractivity contribution in [3.63, 3.8) is 0 Å². The molecule has 1 fully saturated rings. The lowest BCUT2D eigenvalue weighted by Crippen LogP contribution is -2.50. The summed E-state index contributed by atoms with van der Waals surface area (Å²) in [6.07, 6.45) is 6.62. The van der Waals surface area contributed by atoms with Gasteiger partial charge in [0, 0.05) is 46.3 Å². The van der Waals surface area contributed by atoms with Crippen molar-refractivity contribution in [1.29, 1.82) is 0 Å². The number of rotatable bonds is 9. The summed E-state index contributed by atoms with van der Waals surface area (Å²) in [7, 11) is 3.63. The molecule has 0 aromatic rings. The summed E-state index contributed by atoms with van der Waals surface area (Å²) in [5.74, 6) is 2.33. The summed E-state index contributed by atoms with van der Waals surface area (Å²) in [6, 6.07) is 0.444. The van der Waals surface area contributed by atoms with E-state index in [1.807, 2.05) is 25.9 Å². The normalized spacial score (nSPS) is 16.2. The Kier molecular flexibility index (Phi) is 14.8. The maximum Gasteiger partial charge on any atom is 0.236 e. The fourth-order valence-electron chi connectivity index (χ4n) is 2.63. The Hall–Kier alpha value is -0.220. The first kappa shape index (κ1) is 24.8. The number of unbranched alkanes of at least 4 members (excludes halogenated alkanes) is 1. The number of nitrogens with one attached hydrogen (secondary N) is 2. The molecule has 0 unspecified atom stereocenters. The Morgan fingerprint density at radius 3 is 2.52 bits per heavy atom. The molecule has 1 aliphatic heterocycles. The highest BCUT2D eigenvalue weighted by Crippen LogP contribution is 2.10. The Labute approximate surface area is 175 Å². The van der Waals surface area contributed by atoms with E-state index < -0.39 is 0 Å². The van der Waals surface area contributed by atoms with Gasteiger partial charge in [0.25, 0.3) is 0 Å². The minimum atomic E-state index is 0. The van der Waals surface area contributed by atoms with Crippen LogP contribution < -0.4 is 10.6 Å². The Morgan fingerprint density at radius 2 is 1.96 bits per heavy atom. The average molecular weight is 485 g/mol. The third-order valence-electron chi connectivity index (χ3n) is 4.16. The second-order valence-electron chi connectivity index (χ2n) is 6.44. The summed E-state index contributed by atoms with van der Waals surface area (Å²) < 4.78 is 0. The van der Waals surface area contributed by atoms with Crippen molar-refractivity contribution < 1.29 is 4.79 Å². The zero-order valence-electron chi connectivity index (χ0n) is 16.2. The first-order valence-electron chi connectivity index (χ1n) is 9.03. The molecule has 2 N–H and O–H groups in total. The molecule has 1 aliphatic rings. The van der Waals surface area contributed by atoms with Crippen molar-refractivity contribution in [1.82, 2.24) is 20.4 Å². The zero-order chi connectivity index (χ0) is 17.8. The molecule has 0 aromatic carbocycles. The zero-order valence-corrected chi connectivity index (χ0v) is 19.4. The minimum absolute atomic E-state index is 0. The van der Waals surface area contributed by atoms with Gasteiger partial charge in [0.05, 0.1) is 6.54 Å². The fourth-order valence-corrected chi connectivity index (χ4v) is 3.12. The number of likely N-dealkylation sites (tertiary alicyclic amines) is 1. The molecular formula is C17H36IN5OS. The van der Waals surface area contributed by atoms with Gasteiger partial charge in [0.2, 0.25) is 5.91 Å². The van der Waals surface area contributed by atoms with E-state index in [0.29, 0.717) is 12.6 Å². The lowest BCUT2D eigenvalue weighted by atomic mass is 10.1. The highest BCUT2D eigenvalue weighted by molar-refractivity contribution is 14.0. The van der Waals surface area contributed by atoms with Crippen LogP contribution in [0.5, 0.6) is 0 Å². The topological polar surface area (TPSA) is 60.0 Å². The van der Waals surface area contributed by atoms with Crippen LogP contribution >= 0.6 is 35.7 Å². The van der Waals surface area contributed by atoms with Gasteiger partial charge in [-0.15, -0.1) is 24.0 Å². The number of carbonyl (C=O) groups is 1. The quantitative estimate of drug-likeness (QED) is 0.226. The van der Waals surface area contributed by atoms with E-state index in [4.69, 9.17) is 0 Å². The average Bonchev–Trinajstić information content (AvgIpc) is 2.56. The van der Waals surface area contributed by atoms with Crippen molar-refractivity contribution >= 4 is 47.6 Å². The van der Waals surface area contributed by atoms with Crippen LogP contribution in [0, 0.1) is 0 Å². The van der Waals surface area contributed by atoms with Crippen LogP contribution in [0.4, 0.5) is 0 Å². The van der Waals surface area contributed by atoms with Crippen molar-refractivity contribution in [2.24, 2.45) is 4.99 Å². The molecular weight excluding hydrogens is 449 g/mol. The van der Waals surface area contributed by atoms with Crippen molar-refractivity contribution in [2.45, 2.75) is 38.6 Å². The summed E-state index contributed by atoms with van der Waals surface area (Å²) in [5, 5.41) is 6.89. The molecule has 0 atom stereocenters. The Balaban J connectivity index is 0.00000576. The molecule has 1 amide bonds. The summed E-state index contributed by atoms with van der Waals surface area (Å²) in [5.41, 5.74) is 0. The van der Waals surface area contributed by atoms with Crippen molar-refractivity contribution in [3.05, 3.63) is 0 Å². The molecule has 0 saturated carbocycles. The highest BCUT2D eigenvalue weighted by Gasteiger charge is 2.21. The molecule has 0 aromatic heterocycles. The van der Waals surface area contributed by atoms with Gasteiger partial charge in [-0.2, -0.15) is 11.8 Å². The Morgan fingerprint density at radius 1 is 1.28 bits per heavy atom. The van der Waals surface area contributed by atoms with Gasteiger partial charge in [-0.25, -0.2) is 0 Å². The van der Waals surface area contributed by atoms with Crippen LogP contribution in [0.15, 0.2) is 4.99 Å². The third-order valence-corrected chi connectivity index (χ3v) is 4.85. The molecule has 0 aliphatic carbocycles. The summed E-state index contributed by atoms with van der Waals surface area (Å²) in [4.78, 5) is 20.4. The van der Waals surface area contributed by atoms with Crippen LogP contribution in [0.3, 0.4) is 0 Å². The van der Waals surface area contributed by atoms with Gasteiger partial charge in [-0.3, -0.25) is 14.7 Å². The van der Waals surface area contributed by atoms with E-state index in [9.17, 15) is 4.79 Å². The molecule has 1 heterocycles. The Bertz CT molecular complexity index is 387. The number of halogens is 1. The van der Waals surface area contributed by atoms with Crippen LogP contribution in [-0.2, 0) is 4.79 Å². The van der Waals surface area contributed by atoms with Crippen LogP contribution in [-0.4, -0.2) is 86.5 Å². The van der Waals surface area contributed by atoms with Gasteiger partial charge in [-0.05, 0) is 44.6 Å². The van der Waals surface area contributed by atoms with Crippen LogP contribution in [0.25, 0.3) is 0 Å². The first-order chi connectivity index (χ1) is 11.6. The van der Waals surface area contributed by atoms with E-state index in [1.165, 1.54) is 12.2 Å². The lowest BCUT2D eigenvalue weighted by Gasteiger charge is -2.33. The first-order valence-corrected chi connectivity index (χ1v) is 10.4. The molecule has 0 bridgehead atoms. The number of hydrogen-bond donors (Lipinski definition) is 2. The van der Waals surface area contributed by atoms with Gasteiger partial charge in [0.15, 0.2) is 5.96 Å². The fraction of sp³-hybridized carbons (Fsp3) is 0.882. The number of carbonyl (C=O) groups excluding carboxylic acids is 1. The molecule has 25 heavy (non-hydrogen) atoms. The number of thioether (sulfide) groups is 1. The largest absolute Gasteiger partial charge is 0.357 e. The van der Waals surface area contributed by atoms with Gasteiger partial charge in [0.1, 0.15) is 0 Å². The maximum atomic E-state index is 11.8. The number of piperidine rings is 1. The number of nitrogens with zero attached hydrogens (tertiary/aromatic N) is 3. The number of aliphatic imine (C=N–C) groups is 1. The highest BCUT2D eigenvalue weighted by atomic mass is 127. The standard InChI is InChI=1S/C17H35N5OS.HI/c1-5-18-17(19-10-6-7-13-24-4)20-15-8-11-22(12-9-15)14-16(23)21(2)3;/h15H,5-14H2,1-4H3,(H2,18,19,20);1H. The van der Waals surface area contributed by atoms with Gasteiger partial charge < -0.3 is 15.5 Å². The van der Waals surface area contributed by atoms with E-state index in [-0.39, 0.29) is 29.9 Å². The monoisotopic (exact) mass is 485 g/mol. The number of amides is 1. The predicted octanol–water partition coefficient (Wildman–Crippen LogP) is 1.86. The SMILES string of the molecule is CCNC(=NCCCCSC)NC1CCN(CC(=O)N(C)C)CC1.I. The second-order valence-corrected chi connectivity index (χ2v) is 7.43. The van der Waals surface area contributed by atoms with Gasteiger partial charge >= 0.3 is 0 Å². The smallest absolute Gasteiger partial charge is 0.236 e. The van der Waals surface area contributed by atoms with E-state index in [0.717, 1.165) is 51.4 Å². The van der Waals surface area contributed by atoms with E-state index >= 15 is 0 Å². The molecule has 148 valence electrons. The third kappa shape index (κ3) is 11.2. The predicted molar refractivity (Wildman–Crippen MR) is 120 cm³/mol. The van der Waals surface area contributed by atoms with Crippen LogP contribution in [0.1, 0.15) is 32.6 Å². The summed E-state index contributed by atoms with van der Waals surface area (Å²) in [6.45, 7) is 6.32. The number of likely N-dealkylation sites (N-methyl/N-ethyl adjacent to an activating group) is 1. The molecule has 1 rings (SSSR count). The molecule has 1 saturated heterocycles. The minimum Gasteiger partial charge on any atom is -0.357 e. The molecule has 0 radical (unpaired) electrons. The molecule has 8 heteroatoms. The molecule has 0 spiro atoms. The van der Waals surface area contributed by atoms with Crippen molar-refractivity contribution in [3.8, 4) is 0 Å². The number of guanidine groups is 1. The van der Waals surface area contributed by atoms with E-state index in [2.05, 4.69) is 33.7 Å². The summed E-state index contributed by atoms with van der Waals surface area (Å²) >= 11 is 1.89. The van der Waals surface area contributed by atoms with Crippen LogP contribution in [0.2, 0.25) is 0 Å². The second kappa shape index (κ2) is 14.9. The van der Waals surface area contributed by atoms with Crippen molar-refractivity contribution in [2.75, 3.05) is 58.8 Å². The number of hydrogen-bond acceptors (Lipinski definition) is 4. The van der Waals surface area contributed by atoms with E-state index in [1.54, 1.807) is 4.90 Å². The maximum absolute atomic E-state index is 11.8. The lowest BCUT2D eigenvalue weighted by molar-refractivity contribution is -0.130. The molecule has 6 nitrogen and oxygen atoms in total. The van der Waals surface area contributed by atoms with Gasteiger partial charge in [-0.1, -0.05) is 0 Å².